The Morgan fingerprint density at radius 3 is 2.71 bits per heavy atom. The quantitative estimate of drug-likeness (QED) is 0.692. The number of nitrogens with zero attached hydrogens (tertiary/aromatic N) is 3. The van der Waals surface area contributed by atoms with Crippen LogP contribution in [0.5, 0.6) is 0 Å². The normalized spacial score (nSPS) is 15.6. The van der Waals surface area contributed by atoms with Crippen molar-refractivity contribution in [3.63, 3.8) is 0 Å². The second kappa shape index (κ2) is 8.14. The summed E-state index contributed by atoms with van der Waals surface area (Å²) in [6.07, 6.45) is 0.608. The highest BCUT2D eigenvalue weighted by molar-refractivity contribution is 7.18. The lowest BCUT2D eigenvalue weighted by atomic mass is 10.1. The Morgan fingerprint density at radius 1 is 1.25 bits per heavy atom. The lowest BCUT2D eigenvalue weighted by Crippen LogP contribution is -2.48. The molecule has 1 saturated heterocycles. The number of thiophene rings is 2. The summed E-state index contributed by atoms with van der Waals surface area (Å²) in [4.78, 5) is 38.7. The van der Waals surface area contributed by atoms with Gasteiger partial charge in [-0.25, -0.2) is 4.98 Å². The molecule has 0 aromatic carbocycles. The summed E-state index contributed by atoms with van der Waals surface area (Å²) in [5, 5.41) is 4.71. The predicted octanol–water partition coefficient (Wildman–Crippen LogP) is 3.40. The van der Waals surface area contributed by atoms with Crippen LogP contribution in [0.3, 0.4) is 0 Å². The van der Waals surface area contributed by atoms with Gasteiger partial charge in [-0.1, -0.05) is 19.9 Å². The van der Waals surface area contributed by atoms with Gasteiger partial charge in [-0.3, -0.25) is 14.5 Å². The highest BCUT2D eigenvalue weighted by Gasteiger charge is 2.22. The number of aromatic nitrogens is 2. The summed E-state index contributed by atoms with van der Waals surface area (Å²) in [5.41, 5.74) is 0.892. The van der Waals surface area contributed by atoms with Crippen LogP contribution in [-0.4, -0.2) is 51.9 Å². The van der Waals surface area contributed by atoms with E-state index >= 15 is 0 Å². The highest BCUT2D eigenvalue weighted by atomic mass is 32.1. The van der Waals surface area contributed by atoms with E-state index < -0.39 is 0 Å². The molecule has 0 saturated carbocycles. The van der Waals surface area contributed by atoms with E-state index in [4.69, 9.17) is 4.98 Å². The number of hydrogen-bond donors (Lipinski definition) is 1. The molecule has 4 rings (SSSR count). The maximum absolute atomic E-state index is 12.7. The average molecular weight is 417 g/mol. The summed E-state index contributed by atoms with van der Waals surface area (Å²) in [7, 11) is 0. The Hall–Kier alpha value is -2.03. The number of fused-ring (bicyclic) bond motifs is 1. The highest BCUT2D eigenvalue weighted by Crippen LogP contribution is 2.33. The molecule has 4 heterocycles. The topological polar surface area (TPSA) is 69.3 Å². The first-order valence-corrected chi connectivity index (χ1v) is 11.3. The number of H-pyrrole nitrogens is 1. The van der Waals surface area contributed by atoms with Gasteiger partial charge in [0, 0.05) is 48.4 Å². The number of nitrogens with one attached hydrogen (secondary N) is 1. The third-order valence-corrected chi connectivity index (χ3v) is 6.74. The van der Waals surface area contributed by atoms with Crippen molar-refractivity contribution < 1.29 is 4.79 Å². The molecule has 3 aromatic rings. The number of piperazine rings is 1. The standard InChI is InChI=1S/C20H24N4O2S2/c1-13(2)10-17(25)24-7-5-23(6-8-24)11-16-21-19(26)18-14(12-28-20(18)22-16)15-4-3-9-27-15/h3-4,9,12-13H,5-8,10-11H2,1-2H3,(H,21,22,26). The zero-order chi connectivity index (χ0) is 19.7. The van der Waals surface area contributed by atoms with Gasteiger partial charge >= 0.3 is 0 Å². The third-order valence-electron chi connectivity index (χ3n) is 4.96. The van der Waals surface area contributed by atoms with E-state index in [-0.39, 0.29) is 11.5 Å². The monoisotopic (exact) mass is 416 g/mol. The molecule has 3 aromatic heterocycles. The lowest BCUT2D eigenvalue weighted by molar-refractivity contribution is -0.133. The van der Waals surface area contributed by atoms with Crippen LogP contribution in [0.4, 0.5) is 0 Å². The van der Waals surface area contributed by atoms with Gasteiger partial charge in [0.2, 0.25) is 5.91 Å². The summed E-state index contributed by atoms with van der Waals surface area (Å²) in [6, 6.07) is 4.02. The zero-order valence-corrected chi connectivity index (χ0v) is 17.7. The van der Waals surface area contributed by atoms with Crippen LogP contribution >= 0.6 is 22.7 Å². The molecular weight excluding hydrogens is 392 g/mol. The summed E-state index contributed by atoms with van der Waals surface area (Å²) < 4.78 is 0. The molecule has 6 nitrogen and oxygen atoms in total. The van der Waals surface area contributed by atoms with E-state index in [1.165, 1.54) is 11.3 Å². The minimum Gasteiger partial charge on any atom is -0.340 e. The molecule has 8 heteroatoms. The number of carbonyl (C=O) groups is 1. The van der Waals surface area contributed by atoms with E-state index in [0.29, 0.717) is 30.1 Å². The van der Waals surface area contributed by atoms with E-state index in [1.807, 2.05) is 27.8 Å². The molecule has 1 aliphatic heterocycles. The lowest BCUT2D eigenvalue weighted by Gasteiger charge is -2.34. The molecule has 1 amide bonds. The van der Waals surface area contributed by atoms with Gasteiger partial charge in [0.1, 0.15) is 10.7 Å². The van der Waals surface area contributed by atoms with Crippen molar-refractivity contribution in [1.29, 1.82) is 0 Å². The van der Waals surface area contributed by atoms with Gasteiger partial charge in [-0.15, -0.1) is 22.7 Å². The molecule has 28 heavy (non-hydrogen) atoms. The largest absolute Gasteiger partial charge is 0.340 e. The Labute approximate surface area is 171 Å². The van der Waals surface area contributed by atoms with Gasteiger partial charge in [0.25, 0.3) is 5.56 Å². The van der Waals surface area contributed by atoms with Crippen molar-refractivity contribution in [3.8, 4) is 10.4 Å². The average Bonchev–Trinajstić information content (AvgIpc) is 3.31. The molecule has 0 radical (unpaired) electrons. The molecule has 0 spiro atoms. The van der Waals surface area contributed by atoms with Crippen LogP contribution in [0.15, 0.2) is 27.7 Å². The fourth-order valence-electron chi connectivity index (χ4n) is 3.53. The molecule has 0 unspecified atom stereocenters. The minimum atomic E-state index is -0.0737. The number of hydrogen-bond acceptors (Lipinski definition) is 6. The Bertz CT molecular complexity index is 1010. The molecule has 0 aliphatic carbocycles. The van der Waals surface area contributed by atoms with E-state index in [9.17, 15) is 9.59 Å². The van der Waals surface area contributed by atoms with E-state index in [0.717, 1.165) is 41.5 Å². The second-order valence-corrected chi connectivity index (χ2v) is 9.38. The molecule has 0 bridgehead atoms. The first-order valence-electron chi connectivity index (χ1n) is 9.55. The van der Waals surface area contributed by atoms with Crippen molar-refractivity contribution in [2.45, 2.75) is 26.8 Å². The van der Waals surface area contributed by atoms with Crippen LogP contribution in [0.25, 0.3) is 20.7 Å². The van der Waals surface area contributed by atoms with Crippen molar-refractivity contribution in [1.82, 2.24) is 19.8 Å². The third kappa shape index (κ3) is 4.04. The smallest absolute Gasteiger partial charge is 0.260 e. The van der Waals surface area contributed by atoms with Crippen molar-refractivity contribution in [2.24, 2.45) is 5.92 Å². The van der Waals surface area contributed by atoms with Crippen LogP contribution in [0.1, 0.15) is 26.1 Å². The number of amides is 1. The first kappa shape index (κ1) is 19.3. The molecule has 0 atom stereocenters. The maximum atomic E-state index is 12.7. The number of rotatable bonds is 5. The van der Waals surface area contributed by atoms with Gasteiger partial charge < -0.3 is 9.88 Å². The zero-order valence-electron chi connectivity index (χ0n) is 16.1. The second-order valence-electron chi connectivity index (χ2n) is 7.57. The van der Waals surface area contributed by atoms with E-state index in [1.54, 1.807) is 11.3 Å². The van der Waals surface area contributed by atoms with Crippen LogP contribution in [0, 0.1) is 5.92 Å². The van der Waals surface area contributed by atoms with Crippen LogP contribution in [0.2, 0.25) is 0 Å². The fourth-order valence-corrected chi connectivity index (χ4v) is 5.31. The van der Waals surface area contributed by atoms with Gasteiger partial charge in [-0.2, -0.15) is 0 Å². The Kier molecular flexibility index (Phi) is 5.61. The van der Waals surface area contributed by atoms with Crippen molar-refractivity contribution in [3.05, 3.63) is 39.1 Å². The van der Waals surface area contributed by atoms with Gasteiger partial charge in [0.05, 0.1) is 11.9 Å². The molecule has 148 valence electrons. The van der Waals surface area contributed by atoms with E-state index in [2.05, 4.69) is 23.7 Å². The Morgan fingerprint density at radius 2 is 2.04 bits per heavy atom. The molecule has 1 N–H and O–H groups in total. The van der Waals surface area contributed by atoms with Crippen molar-refractivity contribution >= 4 is 38.8 Å². The predicted molar refractivity (Wildman–Crippen MR) is 115 cm³/mol. The first-order chi connectivity index (χ1) is 13.5. The van der Waals surface area contributed by atoms with Gasteiger partial charge in [0.15, 0.2) is 0 Å². The van der Waals surface area contributed by atoms with Crippen LogP contribution < -0.4 is 5.56 Å². The van der Waals surface area contributed by atoms with Gasteiger partial charge in [-0.05, 0) is 17.4 Å². The van der Waals surface area contributed by atoms with Crippen molar-refractivity contribution in [2.75, 3.05) is 26.2 Å². The summed E-state index contributed by atoms with van der Waals surface area (Å²) in [6.45, 7) is 7.82. The number of carbonyl (C=O) groups excluding carboxylic acids is 1. The minimum absolute atomic E-state index is 0.0737. The van der Waals surface area contributed by atoms with Crippen LogP contribution in [-0.2, 0) is 11.3 Å². The molecule has 1 aliphatic rings. The SMILES string of the molecule is CC(C)CC(=O)N1CCN(Cc2nc3scc(-c4cccs4)c3c(=O)[nH]2)CC1. The molecule has 1 fully saturated rings. The molecular formula is C20H24N4O2S2. The Balaban J connectivity index is 1.45. The maximum Gasteiger partial charge on any atom is 0.260 e. The summed E-state index contributed by atoms with van der Waals surface area (Å²) >= 11 is 3.15. The number of aromatic amines is 1. The fraction of sp³-hybridized carbons (Fsp3) is 0.450. The summed E-state index contributed by atoms with van der Waals surface area (Å²) in [5.74, 6) is 1.32.